The number of carbonyl (C=O) groups excluding carboxylic acids is 2. The summed E-state index contributed by atoms with van der Waals surface area (Å²) in [6.07, 6.45) is 0. The summed E-state index contributed by atoms with van der Waals surface area (Å²) in [6.45, 7) is 1.53. The van der Waals surface area contributed by atoms with Crippen LogP contribution in [0.5, 0.6) is 23.0 Å². The van der Waals surface area contributed by atoms with Crippen LogP contribution in [0.15, 0.2) is 30.3 Å². The van der Waals surface area contributed by atoms with E-state index in [0.29, 0.717) is 28.0 Å². The second-order valence-electron chi connectivity index (χ2n) is 5.61. The number of nitrogens with one attached hydrogen (secondary N) is 2. The number of hydrazine groups is 1. The number of amides is 2. The number of methoxy groups -OCH3 is 3. The molecule has 0 aliphatic carbocycles. The fourth-order valence-corrected chi connectivity index (χ4v) is 2.59. The molecule has 0 aliphatic rings. The number of hydrogen-bond acceptors (Lipinski definition) is 6. The zero-order chi connectivity index (χ0) is 20.7. The molecule has 0 fully saturated rings. The van der Waals surface area contributed by atoms with Crippen molar-refractivity contribution in [3.05, 3.63) is 46.5 Å². The minimum absolute atomic E-state index is 0.212. The van der Waals surface area contributed by atoms with Gasteiger partial charge in [0.2, 0.25) is 5.75 Å². The lowest BCUT2D eigenvalue weighted by molar-refractivity contribution is -0.123. The molecular formula is C19H21ClN2O6. The molecule has 0 saturated heterocycles. The van der Waals surface area contributed by atoms with E-state index in [1.54, 1.807) is 18.2 Å². The standard InChI is InChI=1S/C19H21ClN2O6/c1-11-7-13(20)5-6-14(11)28-10-17(23)21-22-19(24)12-8-15(25-2)18(27-4)16(9-12)26-3/h5-9H,10H2,1-4H3,(H,21,23)(H,22,24). The molecule has 0 heterocycles. The van der Waals surface area contributed by atoms with Gasteiger partial charge in [-0.3, -0.25) is 20.4 Å². The van der Waals surface area contributed by atoms with E-state index in [4.69, 9.17) is 30.5 Å². The molecule has 2 aromatic carbocycles. The predicted molar refractivity (Wildman–Crippen MR) is 103 cm³/mol. The number of benzene rings is 2. The fourth-order valence-electron chi connectivity index (χ4n) is 2.36. The number of aryl methyl sites for hydroxylation is 1. The van der Waals surface area contributed by atoms with Gasteiger partial charge < -0.3 is 18.9 Å². The highest BCUT2D eigenvalue weighted by molar-refractivity contribution is 6.30. The third-order valence-electron chi connectivity index (χ3n) is 3.74. The molecule has 0 radical (unpaired) electrons. The summed E-state index contributed by atoms with van der Waals surface area (Å²) in [5, 5.41) is 0.576. The topological polar surface area (TPSA) is 95.1 Å². The van der Waals surface area contributed by atoms with E-state index in [1.807, 2.05) is 6.92 Å². The normalized spacial score (nSPS) is 10.0. The molecule has 28 heavy (non-hydrogen) atoms. The van der Waals surface area contributed by atoms with Gasteiger partial charge in [0.25, 0.3) is 11.8 Å². The van der Waals surface area contributed by atoms with Crippen molar-refractivity contribution in [1.29, 1.82) is 0 Å². The highest BCUT2D eigenvalue weighted by Gasteiger charge is 2.17. The van der Waals surface area contributed by atoms with Crippen molar-refractivity contribution in [1.82, 2.24) is 10.9 Å². The predicted octanol–water partition coefficient (Wildman–Crippen LogP) is 2.51. The van der Waals surface area contributed by atoms with Gasteiger partial charge in [0.1, 0.15) is 5.75 Å². The maximum atomic E-state index is 12.3. The summed E-state index contributed by atoms with van der Waals surface area (Å²) < 4.78 is 21.0. The summed E-state index contributed by atoms with van der Waals surface area (Å²) in [4.78, 5) is 24.2. The van der Waals surface area contributed by atoms with Crippen LogP contribution in [0.1, 0.15) is 15.9 Å². The fraction of sp³-hybridized carbons (Fsp3) is 0.263. The van der Waals surface area contributed by atoms with Crippen LogP contribution in [0.3, 0.4) is 0 Å². The third-order valence-corrected chi connectivity index (χ3v) is 3.97. The Morgan fingerprint density at radius 1 is 0.929 bits per heavy atom. The van der Waals surface area contributed by atoms with E-state index in [-0.39, 0.29) is 12.2 Å². The van der Waals surface area contributed by atoms with Crippen LogP contribution < -0.4 is 29.8 Å². The Bertz CT molecular complexity index is 846. The largest absolute Gasteiger partial charge is 0.493 e. The van der Waals surface area contributed by atoms with Crippen LogP contribution in [-0.4, -0.2) is 39.8 Å². The highest BCUT2D eigenvalue weighted by Crippen LogP contribution is 2.38. The van der Waals surface area contributed by atoms with Gasteiger partial charge in [-0.15, -0.1) is 0 Å². The maximum Gasteiger partial charge on any atom is 0.276 e. The minimum atomic E-state index is -0.560. The maximum absolute atomic E-state index is 12.3. The van der Waals surface area contributed by atoms with Crippen molar-refractivity contribution in [2.45, 2.75) is 6.92 Å². The first-order chi connectivity index (χ1) is 13.4. The SMILES string of the molecule is COc1cc(C(=O)NNC(=O)COc2ccc(Cl)cc2C)cc(OC)c1OC. The zero-order valence-electron chi connectivity index (χ0n) is 15.9. The van der Waals surface area contributed by atoms with Gasteiger partial charge in [-0.05, 0) is 42.8 Å². The average molecular weight is 409 g/mol. The number of rotatable bonds is 7. The van der Waals surface area contributed by atoms with Gasteiger partial charge in [0, 0.05) is 10.6 Å². The molecule has 0 unspecified atom stereocenters. The quantitative estimate of drug-likeness (QED) is 0.683. The first-order valence-electron chi connectivity index (χ1n) is 8.17. The second-order valence-corrected chi connectivity index (χ2v) is 6.05. The molecule has 0 aromatic heterocycles. The molecule has 2 rings (SSSR count). The lowest BCUT2D eigenvalue weighted by Crippen LogP contribution is -2.43. The van der Waals surface area contributed by atoms with E-state index < -0.39 is 11.8 Å². The van der Waals surface area contributed by atoms with Crippen LogP contribution in [0.2, 0.25) is 5.02 Å². The Labute approximate surface area is 167 Å². The van der Waals surface area contributed by atoms with E-state index in [0.717, 1.165) is 5.56 Å². The molecule has 2 aromatic rings. The highest BCUT2D eigenvalue weighted by atomic mass is 35.5. The summed E-state index contributed by atoms with van der Waals surface area (Å²) in [5.74, 6) is 0.429. The molecular weight excluding hydrogens is 388 g/mol. The Balaban J connectivity index is 1.96. The summed E-state index contributed by atoms with van der Waals surface area (Å²) in [5.41, 5.74) is 5.60. The van der Waals surface area contributed by atoms with Crippen LogP contribution in [0.25, 0.3) is 0 Å². The molecule has 2 amide bonds. The first-order valence-corrected chi connectivity index (χ1v) is 8.55. The van der Waals surface area contributed by atoms with Crippen molar-refractivity contribution in [3.8, 4) is 23.0 Å². The molecule has 2 N–H and O–H groups in total. The number of halogens is 1. The van der Waals surface area contributed by atoms with Gasteiger partial charge in [0.15, 0.2) is 18.1 Å². The van der Waals surface area contributed by atoms with Gasteiger partial charge in [0.05, 0.1) is 21.3 Å². The van der Waals surface area contributed by atoms with Crippen LogP contribution >= 0.6 is 11.6 Å². The van der Waals surface area contributed by atoms with Crippen LogP contribution in [-0.2, 0) is 4.79 Å². The summed E-state index contributed by atoms with van der Waals surface area (Å²) in [6, 6.07) is 7.99. The molecule has 9 heteroatoms. The lowest BCUT2D eigenvalue weighted by atomic mass is 10.1. The molecule has 0 saturated carbocycles. The average Bonchev–Trinajstić information content (AvgIpc) is 2.69. The zero-order valence-corrected chi connectivity index (χ0v) is 16.7. The third kappa shape index (κ3) is 5.20. The number of ether oxygens (including phenoxy) is 4. The first kappa shape index (κ1) is 21.2. The van der Waals surface area contributed by atoms with Gasteiger partial charge in [-0.25, -0.2) is 0 Å². The second kappa shape index (κ2) is 9.70. The molecule has 0 aliphatic heterocycles. The molecule has 8 nitrogen and oxygen atoms in total. The van der Waals surface area contributed by atoms with Gasteiger partial charge in [-0.1, -0.05) is 11.6 Å². The van der Waals surface area contributed by atoms with Crippen LogP contribution in [0.4, 0.5) is 0 Å². The van der Waals surface area contributed by atoms with Crippen molar-refractivity contribution in [3.63, 3.8) is 0 Å². The Morgan fingerprint density at radius 2 is 1.57 bits per heavy atom. The summed E-state index contributed by atoms with van der Waals surface area (Å²) >= 11 is 5.88. The molecule has 0 bridgehead atoms. The monoisotopic (exact) mass is 408 g/mol. The summed E-state index contributed by atoms with van der Waals surface area (Å²) in [7, 11) is 4.34. The molecule has 0 spiro atoms. The van der Waals surface area contributed by atoms with E-state index in [9.17, 15) is 9.59 Å². The van der Waals surface area contributed by atoms with E-state index >= 15 is 0 Å². The minimum Gasteiger partial charge on any atom is -0.493 e. The van der Waals surface area contributed by atoms with Crippen molar-refractivity contribution < 1.29 is 28.5 Å². The number of hydrogen-bond donors (Lipinski definition) is 2. The van der Waals surface area contributed by atoms with E-state index in [2.05, 4.69) is 10.9 Å². The molecule has 150 valence electrons. The van der Waals surface area contributed by atoms with Gasteiger partial charge >= 0.3 is 0 Å². The smallest absolute Gasteiger partial charge is 0.276 e. The Morgan fingerprint density at radius 3 is 2.11 bits per heavy atom. The number of carbonyl (C=O) groups is 2. The lowest BCUT2D eigenvalue weighted by Gasteiger charge is -2.14. The Hall–Kier alpha value is -3.13. The van der Waals surface area contributed by atoms with Crippen molar-refractivity contribution >= 4 is 23.4 Å². The van der Waals surface area contributed by atoms with Crippen molar-refractivity contribution in [2.75, 3.05) is 27.9 Å². The molecule has 0 atom stereocenters. The van der Waals surface area contributed by atoms with Crippen molar-refractivity contribution in [2.24, 2.45) is 0 Å². The Kier molecular flexibility index (Phi) is 7.34. The van der Waals surface area contributed by atoms with Crippen LogP contribution in [0, 0.1) is 6.92 Å². The van der Waals surface area contributed by atoms with Gasteiger partial charge in [-0.2, -0.15) is 0 Å². The van der Waals surface area contributed by atoms with E-state index in [1.165, 1.54) is 33.5 Å².